The van der Waals surface area contributed by atoms with Crippen LogP contribution >= 0.6 is 0 Å². The Bertz CT molecular complexity index is 996. The number of aromatic amines is 1. The van der Waals surface area contributed by atoms with Gasteiger partial charge in [-0.25, -0.2) is 0 Å². The number of amides is 1. The van der Waals surface area contributed by atoms with Crippen LogP contribution in [0.25, 0.3) is 10.9 Å². The Morgan fingerprint density at radius 3 is 2.66 bits per heavy atom. The summed E-state index contributed by atoms with van der Waals surface area (Å²) in [5.41, 5.74) is 3.13. The van der Waals surface area contributed by atoms with E-state index in [0.717, 1.165) is 28.5 Å². The highest BCUT2D eigenvalue weighted by Gasteiger charge is 2.45. The summed E-state index contributed by atoms with van der Waals surface area (Å²) in [6, 6.07) is 18.0. The van der Waals surface area contributed by atoms with E-state index >= 15 is 0 Å². The van der Waals surface area contributed by atoms with E-state index in [1.165, 1.54) is 0 Å². The number of nitrogens with zero attached hydrogens (tertiary/aromatic N) is 1. The van der Waals surface area contributed by atoms with Crippen LogP contribution < -0.4 is 0 Å². The van der Waals surface area contributed by atoms with Crippen LogP contribution in [0.3, 0.4) is 0 Å². The third-order valence-electron chi connectivity index (χ3n) is 5.55. The highest BCUT2D eigenvalue weighted by atomic mass is 16.5. The lowest BCUT2D eigenvalue weighted by Gasteiger charge is -2.23. The summed E-state index contributed by atoms with van der Waals surface area (Å²) < 4.78 is 5.14. The highest BCUT2D eigenvalue weighted by Crippen LogP contribution is 2.40. The van der Waals surface area contributed by atoms with E-state index in [9.17, 15) is 9.59 Å². The van der Waals surface area contributed by atoms with Crippen molar-refractivity contribution in [2.45, 2.75) is 26.3 Å². The van der Waals surface area contributed by atoms with E-state index in [1.54, 1.807) is 0 Å². The van der Waals surface area contributed by atoms with Crippen molar-refractivity contribution in [3.63, 3.8) is 0 Å². The SMILES string of the molecule is CCOC(=O)[C@@H]1C[C@H]1CN(Cc1ccccc1)C(=O)Cc1c[nH]c2ccccc12. The summed E-state index contributed by atoms with van der Waals surface area (Å²) in [5.74, 6) is 0.0492. The molecule has 1 saturated carbocycles. The minimum Gasteiger partial charge on any atom is -0.466 e. The zero-order valence-corrected chi connectivity index (χ0v) is 16.6. The number of carbonyl (C=O) groups is 2. The summed E-state index contributed by atoms with van der Waals surface area (Å²) in [7, 11) is 0. The maximum absolute atomic E-state index is 13.2. The van der Waals surface area contributed by atoms with Crippen LogP contribution in [0.15, 0.2) is 60.8 Å². The molecule has 29 heavy (non-hydrogen) atoms. The number of aromatic nitrogens is 1. The molecule has 4 rings (SSSR count). The lowest BCUT2D eigenvalue weighted by atomic mass is 10.1. The van der Waals surface area contributed by atoms with Crippen molar-refractivity contribution in [3.05, 3.63) is 71.9 Å². The van der Waals surface area contributed by atoms with Gasteiger partial charge in [0.05, 0.1) is 18.9 Å². The van der Waals surface area contributed by atoms with E-state index < -0.39 is 0 Å². The molecule has 2 atom stereocenters. The molecule has 1 aliphatic rings. The van der Waals surface area contributed by atoms with E-state index in [-0.39, 0.29) is 23.7 Å². The predicted octanol–water partition coefficient (Wildman–Crippen LogP) is 3.94. The Morgan fingerprint density at radius 2 is 1.86 bits per heavy atom. The van der Waals surface area contributed by atoms with Crippen molar-refractivity contribution < 1.29 is 14.3 Å². The first-order valence-corrected chi connectivity index (χ1v) is 10.2. The number of carbonyl (C=O) groups excluding carboxylic acids is 2. The molecule has 3 aromatic rings. The van der Waals surface area contributed by atoms with Crippen molar-refractivity contribution in [1.29, 1.82) is 0 Å². The van der Waals surface area contributed by atoms with Crippen LogP contribution in [0.5, 0.6) is 0 Å². The number of H-pyrrole nitrogens is 1. The summed E-state index contributed by atoms with van der Waals surface area (Å²) in [6.45, 7) is 3.35. The van der Waals surface area contributed by atoms with Crippen LogP contribution in [0.2, 0.25) is 0 Å². The molecule has 0 radical (unpaired) electrons. The molecule has 0 unspecified atom stereocenters. The number of rotatable bonds is 8. The van der Waals surface area contributed by atoms with Gasteiger partial charge >= 0.3 is 5.97 Å². The molecule has 0 bridgehead atoms. The van der Waals surface area contributed by atoms with Crippen molar-refractivity contribution in [2.24, 2.45) is 11.8 Å². The lowest BCUT2D eigenvalue weighted by Crippen LogP contribution is -2.34. The number of nitrogens with one attached hydrogen (secondary N) is 1. The van der Waals surface area contributed by atoms with Gasteiger partial charge in [0, 0.05) is 30.2 Å². The van der Waals surface area contributed by atoms with E-state index in [1.807, 2.05) is 72.6 Å². The van der Waals surface area contributed by atoms with Crippen molar-refractivity contribution >= 4 is 22.8 Å². The van der Waals surface area contributed by atoms with Gasteiger partial charge in [0.25, 0.3) is 0 Å². The fourth-order valence-corrected chi connectivity index (χ4v) is 3.88. The van der Waals surface area contributed by atoms with E-state index in [0.29, 0.717) is 26.1 Å². The van der Waals surface area contributed by atoms with Crippen LogP contribution in [0.4, 0.5) is 0 Å². The van der Waals surface area contributed by atoms with Crippen molar-refractivity contribution in [1.82, 2.24) is 9.88 Å². The topological polar surface area (TPSA) is 62.4 Å². The summed E-state index contributed by atoms with van der Waals surface area (Å²) in [4.78, 5) is 30.3. The molecule has 1 amide bonds. The minimum atomic E-state index is -0.138. The van der Waals surface area contributed by atoms with Gasteiger partial charge in [-0.3, -0.25) is 9.59 Å². The molecule has 1 N–H and O–H groups in total. The van der Waals surface area contributed by atoms with Crippen LogP contribution in [-0.4, -0.2) is 34.9 Å². The molecule has 1 aliphatic carbocycles. The smallest absolute Gasteiger partial charge is 0.309 e. The van der Waals surface area contributed by atoms with Crippen LogP contribution in [0.1, 0.15) is 24.5 Å². The molecule has 0 saturated heterocycles. The molecule has 150 valence electrons. The normalized spacial score (nSPS) is 17.8. The zero-order valence-electron chi connectivity index (χ0n) is 16.6. The lowest BCUT2D eigenvalue weighted by molar-refractivity contribution is -0.145. The molecular formula is C24H26N2O3. The monoisotopic (exact) mass is 390 g/mol. The van der Waals surface area contributed by atoms with Crippen LogP contribution in [-0.2, 0) is 27.3 Å². The maximum atomic E-state index is 13.2. The Hall–Kier alpha value is -3.08. The second-order valence-electron chi connectivity index (χ2n) is 7.65. The largest absolute Gasteiger partial charge is 0.466 e. The van der Waals surface area contributed by atoms with E-state index in [2.05, 4.69) is 4.98 Å². The minimum absolute atomic E-state index is 0.0749. The third-order valence-corrected chi connectivity index (χ3v) is 5.55. The Kier molecular flexibility index (Phi) is 5.65. The number of ether oxygens (including phenoxy) is 1. The maximum Gasteiger partial charge on any atom is 0.309 e. The average molecular weight is 390 g/mol. The van der Waals surface area contributed by atoms with Gasteiger partial charge in [-0.2, -0.15) is 0 Å². The molecule has 2 aromatic carbocycles. The second kappa shape index (κ2) is 8.52. The fraction of sp³-hybridized carbons (Fsp3) is 0.333. The predicted molar refractivity (Wildman–Crippen MR) is 112 cm³/mol. The van der Waals surface area contributed by atoms with Gasteiger partial charge in [0.15, 0.2) is 0 Å². The van der Waals surface area contributed by atoms with E-state index in [4.69, 9.17) is 4.74 Å². The van der Waals surface area contributed by atoms with Gasteiger partial charge in [-0.15, -0.1) is 0 Å². The Labute approximate surface area is 170 Å². The quantitative estimate of drug-likeness (QED) is 0.593. The number of para-hydroxylation sites is 1. The van der Waals surface area contributed by atoms with Gasteiger partial charge in [0.1, 0.15) is 0 Å². The van der Waals surface area contributed by atoms with Gasteiger partial charge < -0.3 is 14.6 Å². The second-order valence-corrected chi connectivity index (χ2v) is 7.65. The molecule has 1 fully saturated rings. The number of esters is 1. The van der Waals surface area contributed by atoms with Gasteiger partial charge in [-0.05, 0) is 36.5 Å². The Morgan fingerprint density at radius 1 is 1.10 bits per heavy atom. The van der Waals surface area contributed by atoms with Gasteiger partial charge in [0.2, 0.25) is 5.91 Å². The standard InChI is InChI=1S/C24H26N2O3/c1-2-29-24(28)21-12-19(21)16-26(15-17-8-4-3-5-9-17)23(27)13-18-14-25-22-11-7-6-10-20(18)22/h3-11,14,19,21,25H,2,12-13,15-16H2,1H3/t19-,21+/m0/s1. The number of hydrogen-bond acceptors (Lipinski definition) is 3. The number of fused-ring (bicyclic) bond motifs is 1. The molecule has 1 aromatic heterocycles. The highest BCUT2D eigenvalue weighted by molar-refractivity contribution is 5.89. The molecule has 5 nitrogen and oxygen atoms in total. The zero-order chi connectivity index (χ0) is 20.2. The van der Waals surface area contributed by atoms with Gasteiger partial charge in [-0.1, -0.05) is 48.5 Å². The first kappa shape index (κ1) is 19.2. The molecular weight excluding hydrogens is 364 g/mol. The first-order valence-electron chi connectivity index (χ1n) is 10.2. The fourth-order valence-electron chi connectivity index (χ4n) is 3.88. The summed E-state index contributed by atoms with van der Waals surface area (Å²) in [5, 5.41) is 1.08. The molecule has 1 heterocycles. The Balaban J connectivity index is 1.48. The molecule has 0 aliphatic heterocycles. The average Bonchev–Trinajstić information content (AvgIpc) is 3.40. The number of hydrogen-bond donors (Lipinski definition) is 1. The van der Waals surface area contributed by atoms with Crippen molar-refractivity contribution in [3.8, 4) is 0 Å². The summed E-state index contributed by atoms with van der Waals surface area (Å²) in [6.07, 6.45) is 3.06. The third kappa shape index (κ3) is 4.50. The van der Waals surface area contributed by atoms with Crippen LogP contribution in [0, 0.1) is 11.8 Å². The number of benzene rings is 2. The molecule has 0 spiro atoms. The first-order chi connectivity index (χ1) is 14.2. The molecule has 5 heteroatoms. The van der Waals surface area contributed by atoms with Crippen molar-refractivity contribution in [2.75, 3.05) is 13.2 Å². The summed E-state index contributed by atoms with van der Waals surface area (Å²) >= 11 is 0.